The average Bonchev–Trinajstić information content (AvgIpc) is 1.92. The second kappa shape index (κ2) is 11.3. The maximum absolute atomic E-state index is 10.2. The van der Waals surface area contributed by atoms with E-state index in [1.165, 1.54) is 6.92 Å². The lowest BCUT2D eigenvalue weighted by atomic mass is 10.6. The molecule has 0 aliphatic carbocycles. The SMILES string of the molecule is CC.COCCNC(C)=O. The van der Waals surface area contributed by atoms with Crippen LogP contribution < -0.4 is 5.32 Å². The Balaban J connectivity index is 0. The van der Waals surface area contributed by atoms with Gasteiger partial charge in [0.1, 0.15) is 0 Å². The van der Waals surface area contributed by atoms with Gasteiger partial charge < -0.3 is 10.1 Å². The zero-order valence-corrected chi connectivity index (χ0v) is 7.23. The molecule has 0 rings (SSSR count). The van der Waals surface area contributed by atoms with Gasteiger partial charge >= 0.3 is 0 Å². The summed E-state index contributed by atoms with van der Waals surface area (Å²) in [6.07, 6.45) is 0. The van der Waals surface area contributed by atoms with Gasteiger partial charge in [0, 0.05) is 20.6 Å². The van der Waals surface area contributed by atoms with E-state index in [1.807, 2.05) is 13.8 Å². The third-order valence-corrected chi connectivity index (χ3v) is 0.680. The van der Waals surface area contributed by atoms with Crippen molar-refractivity contribution in [2.24, 2.45) is 0 Å². The number of hydrogen-bond donors (Lipinski definition) is 1. The van der Waals surface area contributed by atoms with E-state index in [9.17, 15) is 4.79 Å². The van der Waals surface area contributed by atoms with E-state index in [4.69, 9.17) is 0 Å². The highest BCUT2D eigenvalue weighted by Crippen LogP contribution is 1.63. The maximum atomic E-state index is 10.2. The summed E-state index contributed by atoms with van der Waals surface area (Å²) < 4.78 is 4.68. The van der Waals surface area contributed by atoms with E-state index < -0.39 is 0 Å². The first kappa shape index (κ1) is 12.1. The molecule has 0 spiro atoms. The monoisotopic (exact) mass is 147 g/mol. The maximum Gasteiger partial charge on any atom is 0.216 e. The number of carbonyl (C=O) groups is 1. The Hall–Kier alpha value is -0.570. The second-order valence-corrected chi connectivity index (χ2v) is 1.48. The normalized spacial score (nSPS) is 7.60. The van der Waals surface area contributed by atoms with Gasteiger partial charge in [-0.25, -0.2) is 0 Å². The summed E-state index contributed by atoms with van der Waals surface area (Å²) in [5, 5.41) is 2.58. The fraction of sp³-hybridized carbons (Fsp3) is 0.857. The van der Waals surface area contributed by atoms with Crippen molar-refractivity contribution in [3.8, 4) is 0 Å². The molecule has 0 aliphatic heterocycles. The first-order chi connectivity index (χ1) is 4.77. The molecule has 0 unspecified atom stereocenters. The molecule has 0 aromatic heterocycles. The van der Waals surface area contributed by atoms with Gasteiger partial charge in [0.05, 0.1) is 6.61 Å². The van der Waals surface area contributed by atoms with Crippen molar-refractivity contribution in [3.63, 3.8) is 0 Å². The Morgan fingerprint density at radius 3 is 2.30 bits per heavy atom. The number of hydrogen-bond acceptors (Lipinski definition) is 2. The van der Waals surface area contributed by atoms with Crippen LogP contribution in [0, 0.1) is 0 Å². The standard InChI is InChI=1S/C5H11NO2.C2H6/c1-5(7)6-3-4-8-2;1-2/h3-4H2,1-2H3,(H,6,7);1-2H3. The molecule has 0 bridgehead atoms. The molecular formula is C7H17NO2. The number of methoxy groups -OCH3 is 1. The smallest absolute Gasteiger partial charge is 0.216 e. The highest BCUT2D eigenvalue weighted by Gasteiger charge is 1.85. The first-order valence-electron chi connectivity index (χ1n) is 3.50. The number of nitrogens with one attached hydrogen (secondary N) is 1. The Kier molecular flexibility index (Phi) is 13.7. The predicted molar refractivity (Wildman–Crippen MR) is 41.9 cm³/mol. The fourth-order valence-corrected chi connectivity index (χ4v) is 0.329. The molecule has 1 N–H and O–H groups in total. The molecule has 0 aromatic rings. The van der Waals surface area contributed by atoms with Crippen LogP contribution in [0.2, 0.25) is 0 Å². The van der Waals surface area contributed by atoms with Crippen molar-refractivity contribution in [2.45, 2.75) is 20.8 Å². The van der Waals surface area contributed by atoms with E-state index in [2.05, 4.69) is 10.1 Å². The summed E-state index contributed by atoms with van der Waals surface area (Å²) in [7, 11) is 1.60. The molecule has 0 atom stereocenters. The lowest BCUT2D eigenvalue weighted by molar-refractivity contribution is -0.119. The second-order valence-electron chi connectivity index (χ2n) is 1.48. The first-order valence-corrected chi connectivity index (χ1v) is 3.50. The lowest BCUT2D eigenvalue weighted by Gasteiger charge is -1.97. The van der Waals surface area contributed by atoms with Crippen LogP contribution >= 0.6 is 0 Å². The van der Waals surface area contributed by atoms with E-state index in [0.717, 1.165) is 0 Å². The predicted octanol–water partition coefficient (Wildman–Crippen LogP) is 0.795. The Morgan fingerprint density at radius 1 is 1.50 bits per heavy atom. The van der Waals surface area contributed by atoms with Crippen molar-refractivity contribution in [3.05, 3.63) is 0 Å². The minimum absolute atomic E-state index is 0.0120. The molecular weight excluding hydrogens is 130 g/mol. The third kappa shape index (κ3) is 15.7. The minimum Gasteiger partial charge on any atom is -0.383 e. The number of rotatable bonds is 3. The highest BCUT2D eigenvalue weighted by molar-refractivity contribution is 5.72. The summed E-state index contributed by atoms with van der Waals surface area (Å²) in [6, 6.07) is 0. The van der Waals surface area contributed by atoms with Gasteiger partial charge in [-0.05, 0) is 0 Å². The van der Waals surface area contributed by atoms with Gasteiger partial charge in [-0.1, -0.05) is 13.8 Å². The van der Waals surface area contributed by atoms with Crippen LogP contribution in [0.4, 0.5) is 0 Å². The van der Waals surface area contributed by atoms with Crippen LogP contribution in [0.25, 0.3) is 0 Å². The van der Waals surface area contributed by atoms with E-state index >= 15 is 0 Å². The molecule has 0 radical (unpaired) electrons. The van der Waals surface area contributed by atoms with Crippen LogP contribution in [-0.4, -0.2) is 26.2 Å². The zero-order chi connectivity index (χ0) is 8.41. The van der Waals surface area contributed by atoms with Crippen LogP contribution in [-0.2, 0) is 9.53 Å². The third-order valence-electron chi connectivity index (χ3n) is 0.680. The summed E-state index contributed by atoms with van der Waals surface area (Å²) in [4.78, 5) is 10.2. The number of carbonyl (C=O) groups excluding carboxylic acids is 1. The highest BCUT2D eigenvalue weighted by atomic mass is 16.5. The molecule has 0 saturated heterocycles. The Bertz CT molecular complexity index is 74.0. The minimum atomic E-state index is -0.0120. The molecule has 10 heavy (non-hydrogen) atoms. The molecule has 0 fully saturated rings. The summed E-state index contributed by atoms with van der Waals surface area (Å²) in [5.74, 6) is -0.0120. The zero-order valence-electron chi connectivity index (χ0n) is 7.23. The molecule has 0 heterocycles. The van der Waals surface area contributed by atoms with E-state index in [1.54, 1.807) is 7.11 Å². The summed E-state index contributed by atoms with van der Waals surface area (Å²) in [5.41, 5.74) is 0. The average molecular weight is 147 g/mol. The van der Waals surface area contributed by atoms with Crippen molar-refractivity contribution in [2.75, 3.05) is 20.3 Å². The van der Waals surface area contributed by atoms with Gasteiger partial charge in [0.25, 0.3) is 0 Å². The summed E-state index contributed by atoms with van der Waals surface area (Å²) in [6.45, 7) is 6.67. The van der Waals surface area contributed by atoms with Gasteiger partial charge in [-0.15, -0.1) is 0 Å². The number of amides is 1. The quantitative estimate of drug-likeness (QED) is 0.599. The van der Waals surface area contributed by atoms with Gasteiger partial charge in [-0.3, -0.25) is 4.79 Å². The van der Waals surface area contributed by atoms with Crippen LogP contribution in [0.15, 0.2) is 0 Å². The van der Waals surface area contributed by atoms with E-state index in [0.29, 0.717) is 13.2 Å². The van der Waals surface area contributed by atoms with Crippen molar-refractivity contribution < 1.29 is 9.53 Å². The Labute approximate surface area is 62.8 Å². The van der Waals surface area contributed by atoms with Gasteiger partial charge in [-0.2, -0.15) is 0 Å². The topological polar surface area (TPSA) is 38.3 Å². The Morgan fingerprint density at radius 2 is 2.00 bits per heavy atom. The van der Waals surface area contributed by atoms with Crippen LogP contribution in [0.3, 0.4) is 0 Å². The van der Waals surface area contributed by atoms with Crippen molar-refractivity contribution >= 4 is 5.91 Å². The molecule has 1 amide bonds. The van der Waals surface area contributed by atoms with Crippen LogP contribution in [0.1, 0.15) is 20.8 Å². The molecule has 0 saturated carbocycles. The van der Waals surface area contributed by atoms with Crippen molar-refractivity contribution in [1.29, 1.82) is 0 Å². The summed E-state index contributed by atoms with van der Waals surface area (Å²) >= 11 is 0. The van der Waals surface area contributed by atoms with Crippen LogP contribution in [0.5, 0.6) is 0 Å². The molecule has 3 nitrogen and oxygen atoms in total. The van der Waals surface area contributed by atoms with Gasteiger partial charge in [0.15, 0.2) is 0 Å². The molecule has 3 heteroatoms. The largest absolute Gasteiger partial charge is 0.383 e. The molecule has 0 aromatic carbocycles. The van der Waals surface area contributed by atoms with Gasteiger partial charge in [0.2, 0.25) is 5.91 Å². The molecule has 62 valence electrons. The molecule has 0 aliphatic rings. The number of ether oxygens (including phenoxy) is 1. The fourth-order valence-electron chi connectivity index (χ4n) is 0.329. The van der Waals surface area contributed by atoms with Crippen molar-refractivity contribution in [1.82, 2.24) is 5.32 Å². The van der Waals surface area contributed by atoms with E-state index in [-0.39, 0.29) is 5.91 Å². The lowest BCUT2D eigenvalue weighted by Crippen LogP contribution is -2.23.